The highest BCUT2D eigenvalue weighted by atomic mass is 32.0. The molecule has 2 unspecified atom stereocenters. The summed E-state index contributed by atoms with van der Waals surface area (Å²) in [4.78, 5) is 0. The zero-order valence-electron chi connectivity index (χ0n) is 6.41. The Morgan fingerprint density at radius 1 is 0.900 bits per heavy atom. The molecule has 0 fully saturated rings. The van der Waals surface area contributed by atoms with Crippen molar-refractivity contribution in [3.63, 3.8) is 0 Å². The van der Waals surface area contributed by atoms with E-state index in [1.165, 1.54) is 0 Å². The summed E-state index contributed by atoms with van der Waals surface area (Å²) < 4.78 is 0. The van der Waals surface area contributed by atoms with Crippen molar-refractivity contribution in [3.8, 4) is 23.2 Å². The van der Waals surface area contributed by atoms with Crippen LogP contribution in [0.2, 0.25) is 0 Å². The average Bonchev–Trinajstić information content (AvgIpc) is 1.97. The highest BCUT2D eigenvalue weighted by molar-refractivity contribution is 8.16. The standard InChI is InChI=1S/C8H12P2/c1-3-5-7-9-10-8-6-4-2/h9-10H,3-4H2,1-2H3. The van der Waals surface area contributed by atoms with E-state index in [1.807, 2.05) is 0 Å². The predicted molar refractivity (Wildman–Crippen MR) is 52.8 cm³/mol. The Morgan fingerprint density at radius 2 is 1.30 bits per heavy atom. The first-order chi connectivity index (χ1) is 4.91. The van der Waals surface area contributed by atoms with Crippen molar-refractivity contribution in [1.29, 1.82) is 0 Å². The summed E-state index contributed by atoms with van der Waals surface area (Å²) in [7, 11) is 1.48. The van der Waals surface area contributed by atoms with Gasteiger partial charge in [0, 0.05) is 12.8 Å². The Hall–Kier alpha value is -0.0200. The van der Waals surface area contributed by atoms with Crippen molar-refractivity contribution in [3.05, 3.63) is 0 Å². The molecule has 0 aromatic heterocycles. The molecule has 10 heavy (non-hydrogen) atoms. The van der Waals surface area contributed by atoms with Crippen molar-refractivity contribution in [2.45, 2.75) is 26.7 Å². The van der Waals surface area contributed by atoms with Gasteiger partial charge < -0.3 is 0 Å². The predicted octanol–water partition coefficient (Wildman–Crippen LogP) is 3.00. The van der Waals surface area contributed by atoms with Crippen LogP contribution in [-0.4, -0.2) is 0 Å². The maximum Gasteiger partial charge on any atom is 0.00637 e. The summed E-state index contributed by atoms with van der Waals surface area (Å²) in [6, 6.07) is 0. The zero-order chi connectivity index (χ0) is 7.66. The summed E-state index contributed by atoms with van der Waals surface area (Å²) >= 11 is 0. The molecule has 0 heterocycles. The maximum atomic E-state index is 3.08. The smallest absolute Gasteiger partial charge is 0.00637 e. The quantitative estimate of drug-likeness (QED) is 0.322. The third-order valence-corrected chi connectivity index (χ3v) is 2.57. The molecule has 0 aliphatic rings. The van der Waals surface area contributed by atoms with E-state index in [0.29, 0.717) is 0 Å². The van der Waals surface area contributed by atoms with Gasteiger partial charge in [0.1, 0.15) is 0 Å². The van der Waals surface area contributed by atoms with Crippen molar-refractivity contribution in [2.75, 3.05) is 0 Å². The van der Waals surface area contributed by atoms with Crippen molar-refractivity contribution < 1.29 is 0 Å². The molecule has 0 radical (unpaired) electrons. The highest BCUT2D eigenvalue weighted by Gasteiger charge is 1.71. The first kappa shape index (κ1) is 9.98. The minimum atomic E-state index is 0.742. The van der Waals surface area contributed by atoms with Gasteiger partial charge in [-0.15, -0.1) is 0 Å². The van der Waals surface area contributed by atoms with Crippen LogP contribution in [0.1, 0.15) is 26.7 Å². The SMILES string of the molecule is CCC#CPPC#CCC. The van der Waals surface area contributed by atoms with E-state index in [1.54, 1.807) is 0 Å². The lowest BCUT2D eigenvalue weighted by Crippen LogP contribution is -1.47. The lowest BCUT2D eigenvalue weighted by Gasteiger charge is -1.77. The molecule has 0 saturated carbocycles. The summed E-state index contributed by atoms with van der Waals surface area (Å²) in [5.41, 5.74) is 6.16. The molecule has 2 heteroatoms. The molecule has 0 aromatic rings. The Balaban J connectivity index is 3.20. The van der Waals surface area contributed by atoms with Crippen LogP contribution >= 0.6 is 16.5 Å². The normalized spacial score (nSPS) is 9.40. The second-order valence-corrected chi connectivity index (χ2v) is 4.06. The third kappa shape index (κ3) is 7.98. The number of hydrogen-bond acceptors (Lipinski definition) is 0. The molecule has 0 bridgehead atoms. The van der Waals surface area contributed by atoms with E-state index in [2.05, 4.69) is 37.0 Å². The summed E-state index contributed by atoms with van der Waals surface area (Å²) in [6.07, 6.45) is 1.94. The fraction of sp³-hybridized carbons (Fsp3) is 0.500. The van der Waals surface area contributed by atoms with Gasteiger partial charge in [-0.25, -0.2) is 0 Å². The molecule has 54 valence electrons. The minimum Gasteiger partial charge on any atom is -0.0989 e. The molecule has 0 N–H and O–H groups in total. The fourth-order valence-corrected chi connectivity index (χ4v) is 1.89. The van der Waals surface area contributed by atoms with Gasteiger partial charge in [-0.05, 0) is 16.5 Å². The Kier molecular flexibility index (Phi) is 8.96. The topological polar surface area (TPSA) is 0 Å². The molecule has 2 atom stereocenters. The molecular weight excluding hydrogens is 158 g/mol. The van der Waals surface area contributed by atoms with E-state index in [0.717, 1.165) is 29.4 Å². The second kappa shape index (κ2) is 8.98. The summed E-state index contributed by atoms with van der Waals surface area (Å²) in [6.45, 7) is 4.14. The Morgan fingerprint density at radius 3 is 1.60 bits per heavy atom. The first-order valence-electron chi connectivity index (χ1n) is 3.37. The molecule has 0 rings (SSSR count). The molecule has 0 aliphatic heterocycles. The number of hydrogen-bond donors (Lipinski definition) is 0. The largest absolute Gasteiger partial charge is 0.0989 e. The van der Waals surface area contributed by atoms with Gasteiger partial charge in [0.05, 0.1) is 0 Å². The van der Waals surface area contributed by atoms with Gasteiger partial charge >= 0.3 is 0 Å². The van der Waals surface area contributed by atoms with E-state index in [9.17, 15) is 0 Å². The van der Waals surface area contributed by atoms with Crippen LogP contribution in [0.25, 0.3) is 0 Å². The Labute approximate surface area is 67.0 Å². The molecule has 0 aromatic carbocycles. The van der Waals surface area contributed by atoms with Crippen LogP contribution in [0.5, 0.6) is 0 Å². The molecule has 0 saturated heterocycles. The highest BCUT2D eigenvalue weighted by Crippen LogP contribution is 2.33. The van der Waals surface area contributed by atoms with Gasteiger partial charge in [0.15, 0.2) is 0 Å². The summed E-state index contributed by atoms with van der Waals surface area (Å²) in [5, 5.41) is 0. The first-order valence-corrected chi connectivity index (χ1v) is 6.37. The Bertz CT molecular complexity index is 153. The van der Waals surface area contributed by atoms with Crippen LogP contribution in [0.15, 0.2) is 0 Å². The van der Waals surface area contributed by atoms with E-state index < -0.39 is 0 Å². The lowest BCUT2D eigenvalue weighted by atomic mass is 10.5. The lowest BCUT2D eigenvalue weighted by molar-refractivity contribution is 1.28. The van der Waals surface area contributed by atoms with Crippen LogP contribution in [0.4, 0.5) is 0 Å². The van der Waals surface area contributed by atoms with Crippen molar-refractivity contribution in [2.24, 2.45) is 0 Å². The van der Waals surface area contributed by atoms with Gasteiger partial charge in [-0.3, -0.25) is 0 Å². The molecule has 0 nitrogen and oxygen atoms in total. The van der Waals surface area contributed by atoms with Gasteiger partial charge in [-0.2, -0.15) is 0 Å². The van der Waals surface area contributed by atoms with Gasteiger partial charge in [0.2, 0.25) is 0 Å². The second-order valence-electron chi connectivity index (χ2n) is 1.56. The van der Waals surface area contributed by atoms with Crippen LogP contribution in [-0.2, 0) is 0 Å². The van der Waals surface area contributed by atoms with E-state index in [4.69, 9.17) is 0 Å². The van der Waals surface area contributed by atoms with Crippen molar-refractivity contribution in [1.82, 2.24) is 0 Å². The monoisotopic (exact) mass is 170 g/mol. The minimum absolute atomic E-state index is 0.742. The van der Waals surface area contributed by atoms with Crippen LogP contribution in [0, 0.1) is 23.2 Å². The molecular formula is C8H12P2. The third-order valence-electron chi connectivity index (χ3n) is 0.718. The van der Waals surface area contributed by atoms with E-state index in [-0.39, 0.29) is 0 Å². The van der Waals surface area contributed by atoms with Crippen LogP contribution < -0.4 is 0 Å². The summed E-state index contributed by atoms with van der Waals surface area (Å²) in [5.74, 6) is 6.05. The molecule has 0 amide bonds. The molecule has 0 spiro atoms. The van der Waals surface area contributed by atoms with Gasteiger partial charge in [-0.1, -0.05) is 37.0 Å². The average molecular weight is 170 g/mol. The number of rotatable bonds is 1. The maximum absolute atomic E-state index is 3.08. The van der Waals surface area contributed by atoms with E-state index >= 15 is 0 Å². The molecule has 0 aliphatic carbocycles. The van der Waals surface area contributed by atoms with Crippen molar-refractivity contribution >= 4 is 16.5 Å². The van der Waals surface area contributed by atoms with Crippen LogP contribution in [0.3, 0.4) is 0 Å². The fourth-order valence-electron chi connectivity index (χ4n) is 0.328. The zero-order valence-corrected chi connectivity index (χ0v) is 8.41. The van der Waals surface area contributed by atoms with Gasteiger partial charge in [0.25, 0.3) is 0 Å².